The molecule has 0 radical (unpaired) electrons. The molecule has 7 heteroatoms. The van der Waals surface area contributed by atoms with E-state index in [0.29, 0.717) is 5.96 Å². The van der Waals surface area contributed by atoms with E-state index < -0.39 is 0 Å². The average Bonchev–Trinajstić information content (AvgIpc) is 3.12. The van der Waals surface area contributed by atoms with Crippen LogP contribution in [0.15, 0.2) is 35.8 Å². The third-order valence-electron chi connectivity index (χ3n) is 3.60. The number of rotatable bonds is 10. The minimum atomic E-state index is 0.521. The fraction of sp³-hybridized carbons (Fsp3) is 0.471. The van der Waals surface area contributed by atoms with Crippen LogP contribution in [-0.4, -0.2) is 39.8 Å². The summed E-state index contributed by atoms with van der Waals surface area (Å²) in [7, 11) is 0. The number of H-pyrrole nitrogens is 1. The first kappa shape index (κ1) is 18.3. The van der Waals surface area contributed by atoms with Gasteiger partial charge in [0.1, 0.15) is 0 Å². The van der Waals surface area contributed by atoms with Gasteiger partial charge in [0.05, 0.1) is 12.0 Å². The summed E-state index contributed by atoms with van der Waals surface area (Å²) in [5, 5.41) is 3.16. The van der Waals surface area contributed by atoms with Crippen LogP contribution in [0.2, 0.25) is 0 Å². The summed E-state index contributed by atoms with van der Waals surface area (Å²) in [5.41, 5.74) is 9.52. The van der Waals surface area contributed by atoms with E-state index in [4.69, 9.17) is 5.73 Å². The number of aryl methyl sites for hydroxylation is 2. The predicted molar refractivity (Wildman–Crippen MR) is 101 cm³/mol. The van der Waals surface area contributed by atoms with Gasteiger partial charge in [-0.15, -0.1) is 0 Å². The normalized spacial score (nSPS) is 11.6. The molecule has 0 atom stereocenters. The van der Waals surface area contributed by atoms with Crippen molar-refractivity contribution in [2.24, 2.45) is 10.7 Å². The van der Waals surface area contributed by atoms with Crippen LogP contribution < -0.4 is 11.1 Å². The van der Waals surface area contributed by atoms with Gasteiger partial charge >= 0.3 is 0 Å². The van der Waals surface area contributed by atoms with Crippen molar-refractivity contribution < 1.29 is 0 Å². The molecule has 2 heterocycles. The molecule has 130 valence electrons. The Kier molecular flexibility index (Phi) is 8.17. The standard InChI is InChI=1S/C17H26N6S/c1-2-14-5-3-7-20-16(14)12-24-10-9-22-17(18)21-8-4-6-15-11-19-13-23-15/h3,5,7,11,13H,2,4,6,8-10,12H2,1H3,(H,19,23)(H3,18,21,22). The second-order valence-electron chi connectivity index (χ2n) is 5.39. The van der Waals surface area contributed by atoms with Crippen LogP contribution in [-0.2, 0) is 18.6 Å². The number of guanidine groups is 1. The first-order chi connectivity index (χ1) is 11.8. The zero-order valence-electron chi connectivity index (χ0n) is 14.2. The molecule has 6 nitrogen and oxygen atoms in total. The number of hydrogen-bond acceptors (Lipinski definition) is 4. The van der Waals surface area contributed by atoms with Crippen molar-refractivity contribution >= 4 is 17.7 Å². The molecule has 0 fully saturated rings. The van der Waals surface area contributed by atoms with Crippen LogP contribution in [0.3, 0.4) is 0 Å². The first-order valence-corrected chi connectivity index (χ1v) is 9.46. The highest BCUT2D eigenvalue weighted by molar-refractivity contribution is 7.98. The first-order valence-electron chi connectivity index (χ1n) is 8.31. The van der Waals surface area contributed by atoms with Gasteiger partial charge in [0.15, 0.2) is 5.96 Å². The van der Waals surface area contributed by atoms with E-state index in [1.165, 1.54) is 11.3 Å². The van der Waals surface area contributed by atoms with Crippen LogP contribution in [0.4, 0.5) is 0 Å². The van der Waals surface area contributed by atoms with Gasteiger partial charge in [-0.05, 0) is 30.9 Å². The highest BCUT2D eigenvalue weighted by Crippen LogP contribution is 2.14. The Morgan fingerprint density at radius 2 is 2.38 bits per heavy atom. The number of aliphatic imine (C=N–C) groups is 1. The van der Waals surface area contributed by atoms with E-state index in [1.807, 2.05) is 30.2 Å². The van der Waals surface area contributed by atoms with Crippen molar-refractivity contribution in [2.45, 2.75) is 31.9 Å². The van der Waals surface area contributed by atoms with Crippen molar-refractivity contribution in [1.29, 1.82) is 0 Å². The zero-order chi connectivity index (χ0) is 17.0. The molecular formula is C17H26N6S. The smallest absolute Gasteiger partial charge is 0.188 e. The maximum absolute atomic E-state index is 5.87. The molecule has 2 rings (SSSR count). The number of aromatic nitrogens is 3. The number of nitrogens with one attached hydrogen (secondary N) is 2. The second-order valence-corrected chi connectivity index (χ2v) is 6.49. The molecule has 0 aliphatic heterocycles. The molecule has 0 saturated heterocycles. The molecule has 0 saturated carbocycles. The molecule has 0 bridgehead atoms. The number of nitrogens with two attached hydrogens (primary N) is 1. The molecule has 0 unspecified atom stereocenters. The number of imidazole rings is 1. The summed E-state index contributed by atoms with van der Waals surface area (Å²) in [6.45, 7) is 3.70. The Labute approximate surface area is 147 Å². The molecule has 0 aliphatic carbocycles. The molecule has 0 amide bonds. The molecule has 0 aromatic carbocycles. The van der Waals surface area contributed by atoms with Gasteiger partial charge in [-0.25, -0.2) is 4.98 Å². The number of aromatic amines is 1. The third-order valence-corrected chi connectivity index (χ3v) is 4.57. The lowest BCUT2D eigenvalue weighted by molar-refractivity contribution is 0.806. The Hall–Kier alpha value is -2.02. The van der Waals surface area contributed by atoms with E-state index in [1.54, 1.807) is 6.33 Å². The summed E-state index contributed by atoms with van der Waals surface area (Å²) in [6, 6.07) is 4.15. The fourth-order valence-corrected chi connectivity index (χ4v) is 3.13. The fourth-order valence-electron chi connectivity index (χ4n) is 2.29. The van der Waals surface area contributed by atoms with Crippen molar-refractivity contribution in [2.75, 3.05) is 18.8 Å². The van der Waals surface area contributed by atoms with Gasteiger partial charge in [-0.1, -0.05) is 13.0 Å². The Balaban J connectivity index is 1.55. The summed E-state index contributed by atoms with van der Waals surface area (Å²) >= 11 is 1.86. The molecule has 2 aromatic rings. The van der Waals surface area contributed by atoms with Gasteiger partial charge in [-0.2, -0.15) is 11.8 Å². The van der Waals surface area contributed by atoms with Crippen LogP contribution in [0, 0.1) is 0 Å². The quantitative estimate of drug-likeness (QED) is 0.348. The van der Waals surface area contributed by atoms with Gasteiger partial charge in [0, 0.05) is 42.7 Å². The minimum Gasteiger partial charge on any atom is -0.370 e. The summed E-state index contributed by atoms with van der Waals surface area (Å²) in [4.78, 5) is 15.9. The van der Waals surface area contributed by atoms with Gasteiger partial charge in [0.2, 0.25) is 0 Å². The number of hydrogen-bond donors (Lipinski definition) is 3. The highest BCUT2D eigenvalue weighted by Gasteiger charge is 2.01. The minimum absolute atomic E-state index is 0.521. The number of nitrogens with zero attached hydrogens (tertiary/aromatic N) is 3. The molecule has 0 aliphatic rings. The predicted octanol–water partition coefficient (Wildman–Crippen LogP) is 2.14. The SMILES string of the molecule is CCc1cccnc1CSCCNC(N)=NCCCc1cnc[nH]1. The van der Waals surface area contributed by atoms with E-state index in [-0.39, 0.29) is 0 Å². The lowest BCUT2D eigenvalue weighted by Gasteiger charge is -2.07. The molecule has 24 heavy (non-hydrogen) atoms. The molecular weight excluding hydrogens is 320 g/mol. The zero-order valence-corrected chi connectivity index (χ0v) is 15.0. The number of thioether (sulfide) groups is 1. The van der Waals surface area contributed by atoms with Crippen molar-refractivity contribution in [1.82, 2.24) is 20.3 Å². The Morgan fingerprint density at radius 1 is 1.46 bits per heavy atom. The maximum Gasteiger partial charge on any atom is 0.188 e. The highest BCUT2D eigenvalue weighted by atomic mass is 32.2. The van der Waals surface area contributed by atoms with Crippen molar-refractivity contribution in [3.63, 3.8) is 0 Å². The summed E-state index contributed by atoms with van der Waals surface area (Å²) in [5.74, 6) is 2.43. The van der Waals surface area contributed by atoms with Crippen LogP contribution >= 0.6 is 11.8 Å². The summed E-state index contributed by atoms with van der Waals surface area (Å²) < 4.78 is 0. The van der Waals surface area contributed by atoms with Crippen molar-refractivity contribution in [3.8, 4) is 0 Å². The molecule has 2 aromatic heterocycles. The van der Waals surface area contributed by atoms with Gasteiger partial charge in [-0.3, -0.25) is 9.98 Å². The summed E-state index contributed by atoms with van der Waals surface area (Å²) in [6.07, 6.45) is 8.32. The monoisotopic (exact) mass is 346 g/mol. The number of pyridine rings is 1. The third kappa shape index (κ3) is 6.62. The Bertz CT molecular complexity index is 611. The lowest BCUT2D eigenvalue weighted by atomic mass is 10.1. The average molecular weight is 347 g/mol. The molecule has 4 N–H and O–H groups in total. The Morgan fingerprint density at radius 3 is 3.17 bits per heavy atom. The topological polar surface area (TPSA) is 92.0 Å². The maximum atomic E-state index is 5.87. The van der Waals surface area contributed by atoms with Crippen LogP contribution in [0.25, 0.3) is 0 Å². The van der Waals surface area contributed by atoms with Crippen LogP contribution in [0.1, 0.15) is 30.3 Å². The van der Waals surface area contributed by atoms with Crippen LogP contribution in [0.5, 0.6) is 0 Å². The van der Waals surface area contributed by atoms with Crippen molar-refractivity contribution in [3.05, 3.63) is 47.8 Å². The van der Waals surface area contributed by atoms with E-state index in [2.05, 4.69) is 38.3 Å². The van der Waals surface area contributed by atoms with Gasteiger partial charge in [0.25, 0.3) is 0 Å². The van der Waals surface area contributed by atoms with E-state index >= 15 is 0 Å². The largest absolute Gasteiger partial charge is 0.370 e. The van der Waals surface area contributed by atoms with E-state index in [9.17, 15) is 0 Å². The second kappa shape index (κ2) is 10.7. The van der Waals surface area contributed by atoms with E-state index in [0.717, 1.165) is 49.6 Å². The van der Waals surface area contributed by atoms with Gasteiger partial charge < -0.3 is 16.0 Å². The molecule has 0 spiro atoms. The lowest BCUT2D eigenvalue weighted by Crippen LogP contribution is -2.33.